The van der Waals surface area contributed by atoms with Crippen molar-refractivity contribution in [2.75, 3.05) is 19.8 Å². The molecule has 2 rings (SSSR count). The number of hydrogen-bond donors (Lipinski definition) is 0. The predicted molar refractivity (Wildman–Crippen MR) is 114 cm³/mol. The molecule has 4 nitrogen and oxygen atoms in total. The molecule has 0 aliphatic rings. The van der Waals surface area contributed by atoms with Crippen molar-refractivity contribution >= 4 is 11.9 Å². The first-order valence-corrected chi connectivity index (χ1v) is 9.94. The van der Waals surface area contributed by atoms with Crippen molar-refractivity contribution < 1.29 is 19.0 Å². The molecule has 0 heterocycles. The Hall–Kier alpha value is -2.75. The van der Waals surface area contributed by atoms with Crippen molar-refractivity contribution in [3.05, 3.63) is 59.2 Å². The van der Waals surface area contributed by atoms with Gasteiger partial charge in [0.05, 0.1) is 19.8 Å². The summed E-state index contributed by atoms with van der Waals surface area (Å²) in [5.41, 5.74) is 2.53. The highest BCUT2D eigenvalue weighted by molar-refractivity contribution is 6.07. The van der Waals surface area contributed by atoms with E-state index in [1.54, 1.807) is 18.2 Å². The summed E-state index contributed by atoms with van der Waals surface area (Å²) < 4.78 is 17.1. The number of benzene rings is 2. The number of ketones is 1. The molecule has 0 radical (unpaired) electrons. The number of carbonyl (C=O) groups excluding carboxylic acids is 1. The number of hydrogen-bond acceptors (Lipinski definition) is 4. The Labute approximate surface area is 168 Å². The largest absolute Gasteiger partial charge is 0.494 e. The lowest BCUT2D eigenvalue weighted by atomic mass is 10.0. The zero-order valence-corrected chi connectivity index (χ0v) is 17.3. The summed E-state index contributed by atoms with van der Waals surface area (Å²) in [5.74, 6) is 2.26. The first-order chi connectivity index (χ1) is 13.6. The van der Waals surface area contributed by atoms with E-state index < -0.39 is 0 Å². The number of rotatable bonds is 11. The zero-order valence-electron chi connectivity index (χ0n) is 17.3. The highest BCUT2D eigenvalue weighted by atomic mass is 16.5. The van der Waals surface area contributed by atoms with E-state index in [1.165, 1.54) is 0 Å². The summed E-state index contributed by atoms with van der Waals surface area (Å²) >= 11 is 0. The van der Waals surface area contributed by atoms with Crippen molar-refractivity contribution in [3.63, 3.8) is 0 Å². The second-order valence-corrected chi connectivity index (χ2v) is 6.49. The topological polar surface area (TPSA) is 44.8 Å². The van der Waals surface area contributed by atoms with E-state index in [0.29, 0.717) is 25.4 Å². The maximum atomic E-state index is 12.5. The van der Waals surface area contributed by atoms with Crippen LogP contribution in [0, 0.1) is 6.92 Å². The maximum absolute atomic E-state index is 12.5. The van der Waals surface area contributed by atoms with Crippen molar-refractivity contribution in [3.8, 4) is 17.2 Å². The fourth-order valence-corrected chi connectivity index (χ4v) is 2.66. The van der Waals surface area contributed by atoms with Gasteiger partial charge in [-0.15, -0.1) is 0 Å². The van der Waals surface area contributed by atoms with Gasteiger partial charge in [-0.25, -0.2) is 0 Å². The quantitative estimate of drug-likeness (QED) is 0.360. The summed E-state index contributed by atoms with van der Waals surface area (Å²) in [4.78, 5) is 12.5. The lowest BCUT2D eigenvalue weighted by Gasteiger charge is -2.14. The highest BCUT2D eigenvalue weighted by Crippen LogP contribution is 2.30. The van der Waals surface area contributed by atoms with Crippen LogP contribution in [0.3, 0.4) is 0 Å². The summed E-state index contributed by atoms with van der Waals surface area (Å²) in [6.45, 7) is 9.96. The van der Waals surface area contributed by atoms with Crippen LogP contribution in [-0.4, -0.2) is 25.6 Å². The molecule has 2 aromatic rings. The molecule has 28 heavy (non-hydrogen) atoms. The van der Waals surface area contributed by atoms with Gasteiger partial charge in [0.25, 0.3) is 0 Å². The molecule has 0 saturated carbocycles. The summed E-state index contributed by atoms with van der Waals surface area (Å²) in [7, 11) is 0. The Morgan fingerprint density at radius 1 is 0.893 bits per heavy atom. The SMILES string of the molecule is CCCOc1cc(C=CC(=O)c2ccc(OCC)cc2)c(C)c(OCCC)c1. The van der Waals surface area contributed by atoms with Crippen molar-refractivity contribution in [1.29, 1.82) is 0 Å². The minimum absolute atomic E-state index is 0.0571. The highest BCUT2D eigenvalue weighted by Gasteiger charge is 2.09. The van der Waals surface area contributed by atoms with Gasteiger partial charge in [0.2, 0.25) is 0 Å². The first-order valence-electron chi connectivity index (χ1n) is 9.94. The Bertz CT molecular complexity index is 791. The molecule has 0 atom stereocenters. The Balaban J connectivity index is 2.22. The van der Waals surface area contributed by atoms with Crippen LogP contribution in [0.1, 0.15) is 55.1 Å². The van der Waals surface area contributed by atoms with Crippen LogP contribution in [0.15, 0.2) is 42.5 Å². The molecule has 150 valence electrons. The van der Waals surface area contributed by atoms with E-state index in [2.05, 4.69) is 13.8 Å². The second kappa shape index (κ2) is 11.2. The second-order valence-electron chi connectivity index (χ2n) is 6.49. The molecule has 0 bridgehead atoms. The van der Waals surface area contributed by atoms with Gasteiger partial charge in [-0.05, 0) is 74.2 Å². The van der Waals surface area contributed by atoms with Crippen molar-refractivity contribution in [2.45, 2.75) is 40.5 Å². The number of carbonyl (C=O) groups is 1. The molecule has 0 N–H and O–H groups in total. The van der Waals surface area contributed by atoms with Crippen molar-refractivity contribution in [2.24, 2.45) is 0 Å². The Morgan fingerprint density at radius 2 is 1.57 bits per heavy atom. The molecule has 2 aromatic carbocycles. The first kappa shape index (κ1) is 21.5. The monoisotopic (exact) mass is 382 g/mol. The van der Waals surface area contributed by atoms with Crippen LogP contribution in [0.2, 0.25) is 0 Å². The van der Waals surface area contributed by atoms with Gasteiger partial charge in [0.15, 0.2) is 5.78 Å². The minimum Gasteiger partial charge on any atom is -0.494 e. The summed E-state index contributed by atoms with van der Waals surface area (Å²) in [5, 5.41) is 0. The standard InChI is InChI=1S/C24H30O4/c1-5-14-27-22-16-20(18(4)24(17-22)28-15-6-2)10-13-23(25)19-8-11-21(12-9-19)26-7-3/h8-13,16-17H,5-7,14-15H2,1-4H3. The third-order valence-corrected chi connectivity index (χ3v) is 4.17. The summed E-state index contributed by atoms with van der Waals surface area (Å²) in [6.07, 6.45) is 5.28. The van der Waals surface area contributed by atoms with Gasteiger partial charge in [0.1, 0.15) is 17.2 Å². The van der Waals surface area contributed by atoms with Gasteiger partial charge in [-0.3, -0.25) is 4.79 Å². The van der Waals surface area contributed by atoms with Gasteiger partial charge >= 0.3 is 0 Å². The molecule has 0 amide bonds. The lowest BCUT2D eigenvalue weighted by molar-refractivity contribution is 0.104. The van der Waals surface area contributed by atoms with Gasteiger partial charge in [-0.1, -0.05) is 19.9 Å². The van der Waals surface area contributed by atoms with Crippen LogP contribution in [-0.2, 0) is 0 Å². The minimum atomic E-state index is -0.0571. The molecule has 4 heteroatoms. The molecule has 0 aromatic heterocycles. The van der Waals surface area contributed by atoms with Crippen molar-refractivity contribution in [1.82, 2.24) is 0 Å². The average molecular weight is 383 g/mol. The summed E-state index contributed by atoms with van der Waals surface area (Å²) in [6, 6.07) is 11.1. The molecular weight excluding hydrogens is 352 g/mol. The van der Waals surface area contributed by atoms with Crippen LogP contribution in [0.5, 0.6) is 17.2 Å². The fraction of sp³-hybridized carbons (Fsp3) is 0.375. The molecule has 0 saturated heterocycles. The fourth-order valence-electron chi connectivity index (χ4n) is 2.66. The van der Waals surface area contributed by atoms with E-state index in [1.807, 2.05) is 44.2 Å². The zero-order chi connectivity index (χ0) is 20.4. The lowest BCUT2D eigenvalue weighted by Crippen LogP contribution is -2.01. The molecular formula is C24H30O4. The molecule has 0 fully saturated rings. The normalized spacial score (nSPS) is 10.9. The van der Waals surface area contributed by atoms with Gasteiger partial charge in [0, 0.05) is 11.6 Å². The van der Waals surface area contributed by atoms with E-state index in [-0.39, 0.29) is 5.78 Å². The number of ether oxygens (including phenoxy) is 3. The van der Waals surface area contributed by atoms with Gasteiger partial charge < -0.3 is 14.2 Å². The molecule has 0 unspecified atom stereocenters. The third kappa shape index (κ3) is 6.15. The van der Waals surface area contributed by atoms with Crippen LogP contribution in [0.25, 0.3) is 6.08 Å². The predicted octanol–water partition coefficient (Wildman–Crippen LogP) is 5.87. The van der Waals surface area contributed by atoms with Crippen LogP contribution in [0.4, 0.5) is 0 Å². The third-order valence-electron chi connectivity index (χ3n) is 4.17. The van der Waals surface area contributed by atoms with Gasteiger partial charge in [-0.2, -0.15) is 0 Å². The smallest absolute Gasteiger partial charge is 0.185 e. The molecule has 0 aliphatic heterocycles. The van der Waals surface area contributed by atoms with E-state index in [0.717, 1.165) is 41.2 Å². The van der Waals surface area contributed by atoms with E-state index >= 15 is 0 Å². The van der Waals surface area contributed by atoms with Crippen LogP contribution < -0.4 is 14.2 Å². The Kier molecular flexibility index (Phi) is 8.60. The molecule has 0 aliphatic carbocycles. The van der Waals surface area contributed by atoms with E-state index in [4.69, 9.17) is 14.2 Å². The Morgan fingerprint density at radius 3 is 2.21 bits per heavy atom. The van der Waals surface area contributed by atoms with Crippen LogP contribution >= 0.6 is 0 Å². The number of allylic oxidation sites excluding steroid dienone is 1. The maximum Gasteiger partial charge on any atom is 0.185 e. The molecule has 0 spiro atoms. The average Bonchev–Trinajstić information content (AvgIpc) is 2.71. The van der Waals surface area contributed by atoms with E-state index in [9.17, 15) is 4.79 Å².